The molecule has 136 valence electrons. The van der Waals surface area contributed by atoms with Crippen LogP contribution < -0.4 is 14.4 Å². The zero-order chi connectivity index (χ0) is 17.1. The molecule has 3 aliphatic rings. The van der Waals surface area contributed by atoms with Crippen molar-refractivity contribution < 1.29 is 19.2 Å². The van der Waals surface area contributed by atoms with Crippen LogP contribution in [-0.4, -0.2) is 43.8 Å². The number of benzene rings is 1. The number of quaternary nitrogens is 1. The molecule has 2 fully saturated rings. The van der Waals surface area contributed by atoms with E-state index in [0.29, 0.717) is 12.7 Å². The molecule has 0 radical (unpaired) electrons. The van der Waals surface area contributed by atoms with Gasteiger partial charge in [-0.05, 0) is 30.5 Å². The van der Waals surface area contributed by atoms with Gasteiger partial charge in [-0.2, -0.15) is 0 Å². The smallest absolute Gasteiger partial charge is 0.231 e. The molecule has 0 aromatic heterocycles. The molecule has 2 aliphatic heterocycles. The first-order valence-electron chi connectivity index (χ1n) is 9.78. The number of carbonyl (C=O) groups is 1. The van der Waals surface area contributed by atoms with Crippen LogP contribution in [0.25, 0.3) is 0 Å². The van der Waals surface area contributed by atoms with Crippen LogP contribution in [0.5, 0.6) is 11.5 Å². The third-order valence-electron chi connectivity index (χ3n) is 5.96. The van der Waals surface area contributed by atoms with Gasteiger partial charge in [-0.15, -0.1) is 0 Å². The van der Waals surface area contributed by atoms with Gasteiger partial charge in [0, 0.05) is 12.0 Å². The molecule has 0 atom stereocenters. The number of piperazine rings is 1. The van der Waals surface area contributed by atoms with Crippen LogP contribution in [0.2, 0.25) is 0 Å². The molecule has 1 aliphatic carbocycles. The Hall–Kier alpha value is -1.75. The van der Waals surface area contributed by atoms with Gasteiger partial charge in [-0.1, -0.05) is 25.7 Å². The first kappa shape index (κ1) is 16.7. The molecule has 4 rings (SSSR count). The van der Waals surface area contributed by atoms with Gasteiger partial charge in [0.25, 0.3) is 0 Å². The third kappa shape index (κ3) is 4.09. The largest absolute Gasteiger partial charge is 0.454 e. The van der Waals surface area contributed by atoms with Crippen LogP contribution in [0, 0.1) is 5.92 Å². The van der Waals surface area contributed by atoms with Crippen LogP contribution in [0.4, 0.5) is 0 Å². The average molecular weight is 345 g/mol. The number of fused-ring (bicyclic) bond motifs is 1. The summed E-state index contributed by atoms with van der Waals surface area (Å²) in [5, 5.41) is 0. The Labute approximate surface area is 149 Å². The van der Waals surface area contributed by atoms with Crippen molar-refractivity contribution in [2.45, 2.75) is 45.1 Å². The number of amides is 1. The van der Waals surface area contributed by atoms with Crippen molar-refractivity contribution in [2.75, 3.05) is 33.0 Å². The fourth-order valence-corrected chi connectivity index (χ4v) is 4.37. The minimum atomic E-state index is 0.327. The van der Waals surface area contributed by atoms with Gasteiger partial charge < -0.3 is 19.3 Å². The van der Waals surface area contributed by atoms with E-state index < -0.39 is 0 Å². The quantitative estimate of drug-likeness (QED) is 0.882. The molecule has 0 unspecified atom stereocenters. The highest BCUT2D eigenvalue weighted by Gasteiger charge is 2.25. The molecule has 0 bridgehead atoms. The van der Waals surface area contributed by atoms with Crippen LogP contribution in [0.3, 0.4) is 0 Å². The van der Waals surface area contributed by atoms with Crippen LogP contribution in [-0.2, 0) is 11.3 Å². The van der Waals surface area contributed by atoms with Crippen LogP contribution >= 0.6 is 0 Å². The second kappa shape index (κ2) is 7.65. The maximum Gasteiger partial charge on any atom is 0.231 e. The molecule has 1 N–H and O–H groups in total. The number of hydrogen-bond donors (Lipinski definition) is 1. The molecule has 25 heavy (non-hydrogen) atoms. The minimum Gasteiger partial charge on any atom is -0.454 e. The minimum absolute atomic E-state index is 0.327. The summed E-state index contributed by atoms with van der Waals surface area (Å²) in [4.78, 5) is 16.1. The number of ether oxygens (including phenoxy) is 2. The van der Waals surface area contributed by atoms with E-state index in [0.717, 1.165) is 63.0 Å². The lowest BCUT2D eigenvalue weighted by Gasteiger charge is -2.32. The van der Waals surface area contributed by atoms with Crippen molar-refractivity contribution in [3.8, 4) is 11.5 Å². The molecule has 1 saturated carbocycles. The van der Waals surface area contributed by atoms with E-state index in [9.17, 15) is 4.79 Å². The first-order valence-corrected chi connectivity index (χ1v) is 9.78. The van der Waals surface area contributed by atoms with E-state index >= 15 is 0 Å². The monoisotopic (exact) mass is 345 g/mol. The fraction of sp³-hybridized carbons (Fsp3) is 0.650. The van der Waals surface area contributed by atoms with Crippen molar-refractivity contribution in [1.82, 2.24) is 4.90 Å². The molecule has 1 aromatic rings. The molecular formula is C20H29N2O3+. The number of carbonyl (C=O) groups excluding carboxylic acids is 1. The molecule has 5 heteroatoms. The van der Waals surface area contributed by atoms with Gasteiger partial charge in [-0.25, -0.2) is 0 Å². The fourth-order valence-electron chi connectivity index (χ4n) is 4.37. The van der Waals surface area contributed by atoms with Gasteiger partial charge in [0.05, 0.1) is 26.2 Å². The van der Waals surface area contributed by atoms with Crippen molar-refractivity contribution in [3.05, 3.63) is 23.8 Å². The van der Waals surface area contributed by atoms with E-state index in [1.165, 1.54) is 31.2 Å². The SMILES string of the molecule is O=C(CCC1CCCC1)N1CC[NH+](Cc2ccc3c(c2)OCO3)CC1. The van der Waals surface area contributed by atoms with Crippen LogP contribution in [0.1, 0.15) is 44.1 Å². The third-order valence-corrected chi connectivity index (χ3v) is 5.96. The summed E-state index contributed by atoms with van der Waals surface area (Å²) in [5.74, 6) is 2.88. The van der Waals surface area contributed by atoms with E-state index in [2.05, 4.69) is 17.0 Å². The highest BCUT2D eigenvalue weighted by atomic mass is 16.7. The standard InChI is InChI=1S/C20H28N2O3/c23-20(8-6-16-3-1-2-4-16)22-11-9-21(10-12-22)14-17-5-7-18-19(13-17)25-15-24-18/h5,7,13,16H,1-4,6,8-12,14-15H2/p+1. The second-order valence-electron chi connectivity index (χ2n) is 7.68. The molecule has 1 aromatic carbocycles. The summed E-state index contributed by atoms with van der Waals surface area (Å²) in [6.45, 7) is 5.16. The zero-order valence-corrected chi connectivity index (χ0v) is 15.0. The molecular weight excluding hydrogens is 316 g/mol. The highest BCUT2D eigenvalue weighted by molar-refractivity contribution is 5.76. The van der Waals surface area contributed by atoms with E-state index in [4.69, 9.17) is 9.47 Å². The highest BCUT2D eigenvalue weighted by Crippen LogP contribution is 2.32. The second-order valence-corrected chi connectivity index (χ2v) is 7.68. The van der Waals surface area contributed by atoms with Crippen molar-refractivity contribution in [3.63, 3.8) is 0 Å². The van der Waals surface area contributed by atoms with E-state index in [1.54, 1.807) is 4.90 Å². The number of rotatable bonds is 5. The first-order chi connectivity index (χ1) is 12.3. The van der Waals surface area contributed by atoms with Gasteiger partial charge in [0.2, 0.25) is 12.7 Å². The Bertz CT molecular complexity index is 605. The summed E-state index contributed by atoms with van der Waals surface area (Å²) < 4.78 is 10.8. The van der Waals surface area contributed by atoms with Crippen molar-refractivity contribution >= 4 is 5.91 Å². The molecule has 2 heterocycles. The summed E-state index contributed by atoms with van der Waals surface area (Å²) >= 11 is 0. The number of nitrogens with zero attached hydrogens (tertiary/aromatic N) is 1. The normalized spacial score (nSPS) is 21.0. The molecule has 0 spiro atoms. The lowest BCUT2D eigenvalue weighted by Crippen LogP contribution is -3.13. The number of hydrogen-bond acceptors (Lipinski definition) is 3. The molecule has 1 amide bonds. The van der Waals surface area contributed by atoms with E-state index in [-0.39, 0.29) is 0 Å². The summed E-state index contributed by atoms with van der Waals surface area (Å²) in [5.41, 5.74) is 1.28. The topological polar surface area (TPSA) is 43.2 Å². The summed E-state index contributed by atoms with van der Waals surface area (Å²) in [7, 11) is 0. The van der Waals surface area contributed by atoms with Gasteiger partial charge in [0.1, 0.15) is 6.54 Å². The lowest BCUT2D eigenvalue weighted by molar-refractivity contribution is -0.917. The zero-order valence-electron chi connectivity index (χ0n) is 15.0. The number of nitrogens with one attached hydrogen (secondary N) is 1. The summed E-state index contributed by atoms with van der Waals surface area (Å²) in [6, 6.07) is 6.22. The Morgan fingerprint density at radius 1 is 1.12 bits per heavy atom. The van der Waals surface area contributed by atoms with Crippen molar-refractivity contribution in [1.29, 1.82) is 0 Å². The Morgan fingerprint density at radius 3 is 2.68 bits per heavy atom. The Kier molecular flexibility index (Phi) is 5.11. The maximum atomic E-state index is 12.4. The molecule has 5 nitrogen and oxygen atoms in total. The van der Waals surface area contributed by atoms with Gasteiger partial charge in [-0.3, -0.25) is 4.79 Å². The Morgan fingerprint density at radius 2 is 1.88 bits per heavy atom. The maximum absolute atomic E-state index is 12.4. The molecule has 1 saturated heterocycles. The van der Waals surface area contributed by atoms with Gasteiger partial charge >= 0.3 is 0 Å². The average Bonchev–Trinajstić information content (AvgIpc) is 3.31. The predicted molar refractivity (Wildman–Crippen MR) is 94.7 cm³/mol. The van der Waals surface area contributed by atoms with Crippen molar-refractivity contribution in [2.24, 2.45) is 5.92 Å². The van der Waals surface area contributed by atoms with E-state index in [1.807, 2.05) is 6.07 Å². The van der Waals surface area contributed by atoms with Gasteiger partial charge in [0.15, 0.2) is 11.5 Å². The summed E-state index contributed by atoms with van der Waals surface area (Å²) in [6.07, 6.45) is 7.24. The Balaban J connectivity index is 1.22. The predicted octanol–water partition coefficient (Wildman–Crippen LogP) is 1.61. The lowest BCUT2D eigenvalue weighted by atomic mass is 10.0. The van der Waals surface area contributed by atoms with Crippen LogP contribution in [0.15, 0.2) is 18.2 Å².